The van der Waals surface area contributed by atoms with E-state index in [0.717, 1.165) is 25.9 Å². The van der Waals surface area contributed by atoms with E-state index in [-0.39, 0.29) is 4.90 Å². The molecule has 7 heteroatoms. The van der Waals surface area contributed by atoms with Gasteiger partial charge in [0.05, 0.1) is 18.1 Å². The van der Waals surface area contributed by atoms with E-state index in [0.29, 0.717) is 37.8 Å². The number of hydrogen-bond donors (Lipinski definition) is 0. The molecule has 0 aliphatic carbocycles. The van der Waals surface area contributed by atoms with Gasteiger partial charge in [0.25, 0.3) is 0 Å². The van der Waals surface area contributed by atoms with Crippen LogP contribution < -0.4 is 9.47 Å². The Bertz CT molecular complexity index is 625. The van der Waals surface area contributed by atoms with Gasteiger partial charge >= 0.3 is 0 Å². The lowest BCUT2D eigenvalue weighted by atomic mass is 10.3. The van der Waals surface area contributed by atoms with E-state index in [2.05, 4.69) is 4.90 Å². The van der Waals surface area contributed by atoms with Crippen LogP contribution in [0.2, 0.25) is 0 Å². The molecule has 0 N–H and O–H groups in total. The van der Waals surface area contributed by atoms with Crippen molar-refractivity contribution in [3.63, 3.8) is 0 Å². The summed E-state index contributed by atoms with van der Waals surface area (Å²) in [5, 5.41) is 0. The predicted molar refractivity (Wildman–Crippen MR) is 94.3 cm³/mol. The Balaban J connectivity index is 2.25. The molecule has 0 unspecified atom stereocenters. The average molecular weight is 356 g/mol. The Hall–Kier alpha value is -1.31. The number of hydrogen-bond acceptors (Lipinski definition) is 5. The third kappa shape index (κ3) is 4.62. The van der Waals surface area contributed by atoms with E-state index in [4.69, 9.17) is 9.47 Å². The van der Waals surface area contributed by atoms with Crippen molar-refractivity contribution < 1.29 is 17.9 Å². The highest BCUT2D eigenvalue weighted by Gasteiger charge is 2.28. The maximum Gasteiger partial charge on any atom is 0.243 e. The van der Waals surface area contributed by atoms with Crippen molar-refractivity contribution in [2.45, 2.75) is 31.6 Å². The quantitative estimate of drug-likeness (QED) is 0.715. The van der Waals surface area contributed by atoms with Crippen molar-refractivity contribution in [3.8, 4) is 11.5 Å². The highest BCUT2D eigenvalue weighted by Crippen LogP contribution is 2.31. The van der Waals surface area contributed by atoms with E-state index < -0.39 is 10.0 Å². The molecule has 1 fully saturated rings. The van der Waals surface area contributed by atoms with Gasteiger partial charge in [-0.05, 0) is 32.0 Å². The molecule has 1 aromatic carbocycles. The number of ether oxygens (including phenoxy) is 2. The van der Waals surface area contributed by atoms with Gasteiger partial charge in [-0.15, -0.1) is 0 Å². The summed E-state index contributed by atoms with van der Waals surface area (Å²) in [5.74, 6) is 1.10. The number of nitrogens with zero attached hydrogens (tertiary/aromatic N) is 2. The van der Waals surface area contributed by atoms with Crippen LogP contribution in [-0.2, 0) is 10.0 Å². The van der Waals surface area contributed by atoms with Crippen LogP contribution in [0.15, 0.2) is 23.1 Å². The summed E-state index contributed by atoms with van der Waals surface area (Å²) < 4.78 is 38.6. The van der Waals surface area contributed by atoms with Crippen LogP contribution in [-0.4, -0.2) is 64.1 Å². The smallest absolute Gasteiger partial charge is 0.243 e. The van der Waals surface area contributed by atoms with Crippen molar-refractivity contribution in [1.82, 2.24) is 9.21 Å². The van der Waals surface area contributed by atoms with Crippen LogP contribution >= 0.6 is 0 Å². The van der Waals surface area contributed by atoms with Gasteiger partial charge in [-0.1, -0.05) is 13.8 Å². The van der Waals surface area contributed by atoms with Crippen LogP contribution in [0.5, 0.6) is 11.5 Å². The molecule has 24 heavy (non-hydrogen) atoms. The van der Waals surface area contributed by atoms with E-state index in [1.165, 1.54) is 0 Å². The third-order valence-corrected chi connectivity index (χ3v) is 5.83. The summed E-state index contributed by atoms with van der Waals surface area (Å²) in [6.45, 7) is 7.66. The molecule has 1 aromatic rings. The molecule has 0 bridgehead atoms. The lowest BCUT2D eigenvalue weighted by Gasteiger charge is -2.31. The Labute approximate surface area is 145 Å². The Morgan fingerprint density at radius 1 is 0.958 bits per heavy atom. The van der Waals surface area contributed by atoms with E-state index >= 15 is 0 Å². The van der Waals surface area contributed by atoms with Crippen LogP contribution in [0.1, 0.15) is 26.7 Å². The SMILES string of the molecule is CCCOc1ccc(S(=O)(=O)N2CCN(C)CC2)cc1OCCC. The van der Waals surface area contributed by atoms with Crippen LogP contribution in [0.3, 0.4) is 0 Å². The zero-order valence-corrected chi connectivity index (χ0v) is 15.6. The molecule has 136 valence electrons. The molecule has 1 aliphatic rings. The summed E-state index contributed by atoms with van der Waals surface area (Å²) in [6, 6.07) is 4.90. The zero-order chi connectivity index (χ0) is 17.6. The van der Waals surface area contributed by atoms with Gasteiger partial charge in [0, 0.05) is 32.2 Å². The Morgan fingerprint density at radius 3 is 2.12 bits per heavy atom. The van der Waals surface area contributed by atoms with Gasteiger partial charge in [-0.2, -0.15) is 4.31 Å². The molecule has 0 spiro atoms. The topological polar surface area (TPSA) is 59.1 Å². The normalized spacial score (nSPS) is 17.0. The van der Waals surface area contributed by atoms with Gasteiger partial charge in [-0.3, -0.25) is 0 Å². The van der Waals surface area contributed by atoms with Gasteiger partial charge in [-0.25, -0.2) is 8.42 Å². The fourth-order valence-electron chi connectivity index (χ4n) is 2.48. The second kappa shape index (κ2) is 8.69. The van der Waals surface area contributed by atoms with E-state index in [1.807, 2.05) is 20.9 Å². The van der Waals surface area contributed by atoms with Crippen molar-refractivity contribution in [2.75, 3.05) is 46.4 Å². The molecule has 2 rings (SSSR count). The second-order valence-corrected chi connectivity index (χ2v) is 7.95. The molecule has 0 amide bonds. The minimum absolute atomic E-state index is 0.266. The van der Waals surface area contributed by atoms with Gasteiger partial charge in [0.1, 0.15) is 0 Å². The fourth-order valence-corrected chi connectivity index (χ4v) is 3.92. The molecule has 1 aliphatic heterocycles. The predicted octanol–water partition coefficient (Wildman–Crippen LogP) is 2.20. The van der Waals surface area contributed by atoms with Crippen LogP contribution in [0, 0.1) is 0 Å². The first-order valence-electron chi connectivity index (χ1n) is 8.57. The average Bonchev–Trinajstić information content (AvgIpc) is 2.58. The molecule has 1 saturated heterocycles. The minimum atomic E-state index is -3.50. The number of likely N-dealkylation sites (N-methyl/N-ethyl adjacent to an activating group) is 1. The summed E-state index contributed by atoms with van der Waals surface area (Å²) in [7, 11) is -1.50. The first-order chi connectivity index (χ1) is 11.5. The lowest BCUT2D eigenvalue weighted by Crippen LogP contribution is -2.47. The molecule has 6 nitrogen and oxygen atoms in total. The highest BCUT2D eigenvalue weighted by atomic mass is 32.2. The second-order valence-electron chi connectivity index (χ2n) is 6.01. The van der Waals surface area contributed by atoms with Crippen molar-refractivity contribution >= 4 is 10.0 Å². The number of piperazine rings is 1. The maximum atomic E-state index is 12.9. The van der Waals surface area contributed by atoms with Gasteiger partial charge < -0.3 is 14.4 Å². The Kier molecular flexibility index (Phi) is 6.89. The van der Waals surface area contributed by atoms with Crippen molar-refractivity contribution in [2.24, 2.45) is 0 Å². The van der Waals surface area contributed by atoms with Crippen molar-refractivity contribution in [3.05, 3.63) is 18.2 Å². The summed E-state index contributed by atoms with van der Waals surface area (Å²) in [5.41, 5.74) is 0. The standard InChI is InChI=1S/C17H28N2O4S/c1-4-12-22-16-7-6-15(14-17(16)23-13-5-2)24(20,21)19-10-8-18(3)9-11-19/h6-7,14H,4-5,8-13H2,1-3H3. The summed E-state index contributed by atoms with van der Waals surface area (Å²) >= 11 is 0. The fraction of sp³-hybridized carbons (Fsp3) is 0.647. The Morgan fingerprint density at radius 2 is 1.54 bits per heavy atom. The first kappa shape index (κ1) is 19.0. The number of sulfonamides is 1. The third-order valence-electron chi connectivity index (χ3n) is 3.94. The number of rotatable bonds is 8. The zero-order valence-electron chi connectivity index (χ0n) is 14.8. The summed E-state index contributed by atoms with van der Waals surface area (Å²) in [4.78, 5) is 2.39. The molecule has 0 aromatic heterocycles. The largest absolute Gasteiger partial charge is 0.490 e. The molecule has 0 radical (unpaired) electrons. The number of benzene rings is 1. The molecule has 0 saturated carbocycles. The minimum Gasteiger partial charge on any atom is -0.490 e. The van der Waals surface area contributed by atoms with Crippen molar-refractivity contribution in [1.29, 1.82) is 0 Å². The highest BCUT2D eigenvalue weighted by molar-refractivity contribution is 7.89. The monoisotopic (exact) mass is 356 g/mol. The first-order valence-corrected chi connectivity index (χ1v) is 10.0. The molecular weight excluding hydrogens is 328 g/mol. The summed E-state index contributed by atoms with van der Waals surface area (Å²) in [6.07, 6.45) is 1.73. The van der Waals surface area contributed by atoms with Gasteiger partial charge in [0.2, 0.25) is 10.0 Å². The van der Waals surface area contributed by atoms with E-state index in [1.54, 1.807) is 22.5 Å². The van der Waals surface area contributed by atoms with Crippen LogP contribution in [0.4, 0.5) is 0 Å². The van der Waals surface area contributed by atoms with E-state index in [9.17, 15) is 8.42 Å². The van der Waals surface area contributed by atoms with Crippen LogP contribution in [0.25, 0.3) is 0 Å². The molecule has 1 heterocycles. The molecular formula is C17H28N2O4S. The lowest BCUT2D eigenvalue weighted by molar-refractivity contribution is 0.222. The molecule has 0 atom stereocenters. The van der Waals surface area contributed by atoms with Gasteiger partial charge in [0.15, 0.2) is 11.5 Å². The maximum absolute atomic E-state index is 12.9.